The lowest BCUT2D eigenvalue weighted by Crippen LogP contribution is -2.49. The van der Waals surface area contributed by atoms with Crippen LogP contribution in [0.2, 0.25) is 0 Å². The summed E-state index contributed by atoms with van der Waals surface area (Å²) in [6, 6.07) is 7.75. The minimum atomic E-state index is -3.66. The summed E-state index contributed by atoms with van der Waals surface area (Å²) in [5.41, 5.74) is 0.708. The molecule has 1 aromatic carbocycles. The van der Waals surface area contributed by atoms with Gasteiger partial charge in [-0.15, -0.1) is 0 Å². The molecular formula is C13H20N2O4S. The Labute approximate surface area is 119 Å². The highest BCUT2D eigenvalue weighted by Gasteiger charge is 2.29. The van der Waals surface area contributed by atoms with E-state index < -0.39 is 22.4 Å². The molecule has 0 saturated carbocycles. The molecule has 2 rings (SSSR count). The Morgan fingerprint density at radius 2 is 2.00 bits per heavy atom. The zero-order valence-electron chi connectivity index (χ0n) is 11.4. The summed E-state index contributed by atoms with van der Waals surface area (Å²) >= 11 is 0. The van der Waals surface area contributed by atoms with Gasteiger partial charge >= 0.3 is 0 Å². The van der Waals surface area contributed by atoms with Crippen molar-refractivity contribution in [1.29, 1.82) is 0 Å². The molecule has 1 aliphatic rings. The Morgan fingerprint density at radius 1 is 1.35 bits per heavy atom. The van der Waals surface area contributed by atoms with E-state index in [9.17, 15) is 13.5 Å². The normalized spacial score (nSPS) is 19.4. The number of aliphatic hydroxyl groups is 2. The molecule has 1 aliphatic heterocycles. The fraction of sp³-hybridized carbons (Fsp3) is 0.538. The van der Waals surface area contributed by atoms with Crippen molar-refractivity contribution in [3.63, 3.8) is 0 Å². The van der Waals surface area contributed by atoms with Gasteiger partial charge in [-0.3, -0.25) is 0 Å². The number of nitrogens with zero attached hydrogens (tertiary/aromatic N) is 1. The lowest BCUT2D eigenvalue weighted by molar-refractivity contribution is 0.00651. The van der Waals surface area contributed by atoms with Crippen molar-refractivity contribution >= 4 is 10.2 Å². The minimum absolute atomic E-state index is 0.218. The van der Waals surface area contributed by atoms with Crippen LogP contribution < -0.4 is 4.72 Å². The SMILES string of the molecule is CC(O)(CO)CNS(=O)(=O)N1CCc2ccccc2C1. The zero-order chi connectivity index (χ0) is 14.8. The highest BCUT2D eigenvalue weighted by molar-refractivity contribution is 7.87. The van der Waals surface area contributed by atoms with Gasteiger partial charge in [-0.05, 0) is 24.5 Å². The Balaban J connectivity index is 2.05. The monoisotopic (exact) mass is 300 g/mol. The standard InChI is InChI=1S/C13H20N2O4S/c1-13(17,10-16)9-14-20(18,19)15-7-6-11-4-2-3-5-12(11)8-15/h2-5,14,16-17H,6-10H2,1H3. The van der Waals surface area contributed by atoms with Crippen LogP contribution in [0.1, 0.15) is 18.1 Å². The maximum absolute atomic E-state index is 12.2. The number of fused-ring (bicyclic) bond motifs is 1. The Morgan fingerprint density at radius 3 is 2.65 bits per heavy atom. The van der Waals surface area contributed by atoms with E-state index in [-0.39, 0.29) is 6.54 Å². The van der Waals surface area contributed by atoms with Crippen LogP contribution in [0.25, 0.3) is 0 Å². The molecule has 112 valence electrons. The van der Waals surface area contributed by atoms with Crippen molar-refractivity contribution < 1.29 is 18.6 Å². The molecule has 0 aliphatic carbocycles. The molecule has 1 unspecified atom stereocenters. The van der Waals surface area contributed by atoms with Gasteiger partial charge in [-0.25, -0.2) is 0 Å². The Hall–Kier alpha value is -0.990. The number of aliphatic hydroxyl groups excluding tert-OH is 1. The van der Waals surface area contributed by atoms with Crippen molar-refractivity contribution in [2.75, 3.05) is 19.7 Å². The highest BCUT2D eigenvalue weighted by Crippen LogP contribution is 2.20. The first-order valence-corrected chi connectivity index (χ1v) is 7.93. The van der Waals surface area contributed by atoms with E-state index in [4.69, 9.17) is 5.11 Å². The van der Waals surface area contributed by atoms with Crippen LogP contribution in [0.15, 0.2) is 24.3 Å². The van der Waals surface area contributed by atoms with Crippen molar-refractivity contribution in [3.05, 3.63) is 35.4 Å². The molecule has 3 N–H and O–H groups in total. The Bertz CT molecular complexity index is 571. The van der Waals surface area contributed by atoms with Gasteiger partial charge in [0.25, 0.3) is 10.2 Å². The lowest BCUT2D eigenvalue weighted by Gasteiger charge is -2.29. The molecule has 0 saturated heterocycles. The lowest BCUT2D eigenvalue weighted by atomic mass is 10.0. The summed E-state index contributed by atoms with van der Waals surface area (Å²) in [5, 5.41) is 18.6. The van der Waals surface area contributed by atoms with Crippen LogP contribution >= 0.6 is 0 Å². The molecular weight excluding hydrogens is 280 g/mol. The van der Waals surface area contributed by atoms with Gasteiger partial charge in [-0.2, -0.15) is 17.4 Å². The van der Waals surface area contributed by atoms with Gasteiger partial charge < -0.3 is 10.2 Å². The van der Waals surface area contributed by atoms with Crippen molar-refractivity contribution in [2.24, 2.45) is 0 Å². The van der Waals surface area contributed by atoms with Crippen molar-refractivity contribution in [2.45, 2.75) is 25.5 Å². The number of nitrogens with one attached hydrogen (secondary N) is 1. The minimum Gasteiger partial charge on any atom is -0.393 e. The summed E-state index contributed by atoms with van der Waals surface area (Å²) < 4.78 is 28.0. The van der Waals surface area contributed by atoms with Gasteiger partial charge in [0, 0.05) is 19.6 Å². The summed E-state index contributed by atoms with van der Waals surface area (Å²) in [7, 11) is -3.66. The molecule has 0 radical (unpaired) electrons. The van der Waals surface area contributed by atoms with E-state index >= 15 is 0 Å². The molecule has 1 aromatic rings. The topological polar surface area (TPSA) is 89.9 Å². The predicted octanol–water partition coefficient (Wildman–Crippen LogP) is -0.378. The Kier molecular flexibility index (Phi) is 4.46. The largest absolute Gasteiger partial charge is 0.393 e. The molecule has 6 nitrogen and oxygen atoms in total. The molecule has 1 atom stereocenters. The van der Waals surface area contributed by atoms with E-state index in [1.165, 1.54) is 16.8 Å². The second kappa shape index (κ2) is 5.79. The van der Waals surface area contributed by atoms with Gasteiger partial charge in [-0.1, -0.05) is 24.3 Å². The average molecular weight is 300 g/mol. The molecule has 0 spiro atoms. The summed E-state index contributed by atoms with van der Waals surface area (Å²) in [4.78, 5) is 0. The second-order valence-corrected chi connectivity index (χ2v) is 7.09. The maximum Gasteiger partial charge on any atom is 0.279 e. The first-order chi connectivity index (χ1) is 9.34. The number of hydrogen-bond donors (Lipinski definition) is 3. The van der Waals surface area contributed by atoms with E-state index in [1.807, 2.05) is 24.3 Å². The van der Waals surface area contributed by atoms with Crippen molar-refractivity contribution in [1.82, 2.24) is 9.03 Å². The van der Waals surface area contributed by atoms with Crippen LogP contribution in [0.5, 0.6) is 0 Å². The first-order valence-electron chi connectivity index (χ1n) is 6.49. The third kappa shape index (κ3) is 3.56. The molecule has 0 bridgehead atoms. The molecule has 0 aromatic heterocycles. The fourth-order valence-corrected chi connectivity index (χ4v) is 3.39. The fourth-order valence-electron chi connectivity index (χ4n) is 2.07. The number of benzene rings is 1. The van der Waals surface area contributed by atoms with Crippen LogP contribution in [0.3, 0.4) is 0 Å². The van der Waals surface area contributed by atoms with Gasteiger partial charge in [0.15, 0.2) is 0 Å². The quantitative estimate of drug-likeness (QED) is 0.691. The summed E-state index contributed by atoms with van der Waals surface area (Å²) in [6.07, 6.45) is 0.674. The molecule has 1 heterocycles. The first kappa shape index (κ1) is 15.4. The van der Waals surface area contributed by atoms with Crippen LogP contribution in [0, 0.1) is 0 Å². The molecule has 0 amide bonds. The van der Waals surface area contributed by atoms with E-state index in [2.05, 4.69) is 4.72 Å². The third-order valence-electron chi connectivity index (χ3n) is 3.41. The van der Waals surface area contributed by atoms with E-state index in [1.54, 1.807) is 0 Å². The molecule has 7 heteroatoms. The molecule has 20 heavy (non-hydrogen) atoms. The smallest absolute Gasteiger partial charge is 0.279 e. The highest BCUT2D eigenvalue weighted by atomic mass is 32.2. The summed E-state index contributed by atoms with van der Waals surface area (Å²) in [5.74, 6) is 0. The van der Waals surface area contributed by atoms with E-state index in [0.717, 1.165) is 5.56 Å². The second-order valence-electron chi connectivity index (χ2n) is 5.33. The number of hydrogen-bond acceptors (Lipinski definition) is 4. The predicted molar refractivity (Wildman–Crippen MR) is 75.2 cm³/mol. The summed E-state index contributed by atoms with van der Waals surface area (Å²) in [6.45, 7) is 1.39. The number of rotatable bonds is 5. The third-order valence-corrected chi connectivity index (χ3v) is 4.91. The zero-order valence-corrected chi connectivity index (χ0v) is 12.2. The van der Waals surface area contributed by atoms with Gasteiger partial charge in [0.05, 0.1) is 12.2 Å². The van der Waals surface area contributed by atoms with Crippen molar-refractivity contribution in [3.8, 4) is 0 Å². The maximum atomic E-state index is 12.2. The van der Waals surface area contributed by atoms with Crippen LogP contribution in [-0.2, 0) is 23.2 Å². The molecule has 0 fully saturated rings. The van der Waals surface area contributed by atoms with Gasteiger partial charge in [0.1, 0.15) is 0 Å². The van der Waals surface area contributed by atoms with Crippen LogP contribution in [-0.4, -0.2) is 48.2 Å². The van der Waals surface area contributed by atoms with Gasteiger partial charge in [0.2, 0.25) is 0 Å². The van der Waals surface area contributed by atoms with Crippen LogP contribution in [0.4, 0.5) is 0 Å². The van der Waals surface area contributed by atoms with E-state index in [0.29, 0.717) is 19.5 Å². The average Bonchev–Trinajstić information content (AvgIpc) is 2.45.